The van der Waals surface area contributed by atoms with Crippen molar-refractivity contribution in [1.29, 1.82) is 0 Å². The van der Waals surface area contributed by atoms with E-state index in [9.17, 15) is 9.18 Å². The molecule has 1 amide bonds. The summed E-state index contributed by atoms with van der Waals surface area (Å²) in [6.45, 7) is 5.89. The minimum absolute atomic E-state index is 0.227. The van der Waals surface area contributed by atoms with Crippen LogP contribution in [0.1, 0.15) is 46.5 Å². The number of hydrogen-bond donors (Lipinski definition) is 1. The molecule has 0 aliphatic heterocycles. The molecule has 0 saturated carbocycles. The first-order valence-corrected chi connectivity index (χ1v) is 5.16. The van der Waals surface area contributed by atoms with E-state index in [-0.39, 0.29) is 17.3 Å². The fourth-order valence-electron chi connectivity index (χ4n) is 1.41. The van der Waals surface area contributed by atoms with Crippen molar-refractivity contribution in [3.63, 3.8) is 0 Å². The fourth-order valence-corrected chi connectivity index (χ4v) is 1.41. The standard InChI is InChI=1S/C11H18FNO/c1-4-11(2,3)13-10(14)8-6-5-7-9(8)12/h4-7H2,1-3H3,(H,13,14). The SMILES string of the molecule is CCC(C)(C)NC(=O)C1=C(F)CCC1. The quantitative estimate of drug-likeness (QED) is 0.744. The highest BCUT2D eigenvalue weighted by Crippen LogP contribution is 2.27. The molecule has 0 radical (unpaired) electrons. The van der Waals surface area contributed by atoms with Crippen molar-refractivity contribution in [3.8, 4) is 0 Å². The van der Waals surface area contributed by atoms with Gasteiger partial charge in [0, 0.05) is 11.1 Å². The predicted molar refractivity (Wildman–Crippen MR) is 54.5 cm³/mol. The smallest absolute Gasteiger partial charge is 0.250 e. The van der Waals surface area contributed by atoms with Crippen LogP contribution in [0, 0.1) is 0 Å². The summed E-state index contributed by atoms with van der Waals surface area (Å²) in [6.07, 6.45) is 2.61. The van der Waals surface area contributed by atoms with Gasteiger partial charge in [0.2, 0.25) is 5.91 Å². The number of carbonyl (C=O) groups excluding carboxylic acids is 1. The number of nitrogens with one attached hydrogen (secondary N) is 1. The molecular weight excluding hydrogens is 181 g/mol. The zero-order valence-corrected chi connectivity index (χ0v) is 9.11. The van der Waals surface area contributed by atoms with E-state index in [1.165, 1.54) is 0 Å². The van der Waals surface area contributed by atoms with Gasteiger partial charge in [0.1, 0.15) is 5.83 Å². The average Bonchev–Trinajstić information content (AvgIpc) is 2.51. The Morgan fingerprint density at radius 1 is 1.50 bits per heavy atom. The number of amides is 1. The van der Waals surface area contributed by atoms with Crippen LogP contribution in [0.25, 0.3) is 0 Å². The zero-order valence-electron chi connectivity index (χ0n) is 9.11. The Kier molecular flexibility index (Phi) is 3.29. The molecule has 0 saturated heterocycles. The molecule has 0 bridgehead atoms. The van der Waals surface area contributed by atoms with E-state index in [0.29, 0.717) is 18.4 Å². The maximum Gasteiger partial charge on any atom is 0.250 e. The highest BCUT2D eigenvalue weighted by molar-refractivity contribution is 5.94. The second kappa shape index (κ2) is 4.11. The van der Waals surface area contributed by atoms with Crippen LogP contribution in [-0.4, -0.2) is 11.4 Å². The van der Waals surface area contributed by atoms with Gasteiger partial charge in [0.05, 0.1) is 0 Å². The monoisotopic (exact) mass is 199 g/mol. The summed E-state index contributed by atoms with van der Waals surface area (Å²) in [6, 6.07) is 0. The lowest BCUT2D eigenvalue weighted by Gasteiger charge is -2.24. The van der Waals surface area contributed by atoms with Crippen LogP contribution in [0.4, 0.5) is 4.39 Å². The van der Waals surface area contributed by atoms with Crippen LogP contribution in [-0.2, 0) is 4.79 Å². The summed E-state index contributed by atoms with van der Waals surface area (Å²) < 4.78 is 13.1. The van der Waals surface area contributed by atoms with Crippen molar-refractivity contribution in [2.75, 3.05) is 0 Å². The first-order valence-electron chi connectivity index (χ1n) is 5.16. The van der Waals surface area contributed by atoms with Gasteiger partial charge in [-0.25, -0.2) is 4.39 Å². The summed E-state index contributed by atoms with van der Waals surface area (Å²) >= 11 is 0. The Hall–Kier alpha value is -0.860. The summed E-state index contributed by atoms with van der Waals surface area (Å²) in [4.78, 5) is 11.6. The van der Waals surface area contributed by atoms with E-state index >= 15 is 0 Å². The number of rotatable bonds is 3. The van der Waals surface area contributed by atoms with Crippen molar-refractivity contribution in [2.45, 2.75) is 52.0 Å². The minimum atomic E-state index is -0.243. The Labute approximate surface area is 84.6 Å². The molecule has 1 aliphatic rings. The second-order valence-electron chi connectivity index (χ2n) is 4.43. The van der Waals surface area contributed by atoms with Gasteiger partial charge >= 0.3 is 0 Å². The second-order valence-corrected chi connectivity index (χ2v) is 4.43. The van der Waals surface area contributed by atoms with Gasteiger partial charge in [-0.1, -0.05) is 6.92 Å². The molecule has 3 heteroatoms. The maximum atomic E-state index is 13.1. The summed E-state index contributed by atoms with van der Waals surface area (Å²) in [7, 11) is 0. The molecule has 0 spiro atoms. The number of allylic oxidation sites excluding steroid dienone is 1. The van der Waals surface area contributed by atoms with Crippen LogP contribution < -0.4 is 5.32 Å². The van der Waals surface area contributed by atoms with Crippen LogP contribution >= 0.6 is 0 Å². The van der Waals surface area contributed by atoms with Crippen molar-refractivity contribution < 1.29 is 9.18 Å². The van der Waals surface area contributed by atoms with Gasteiger partial charge in [-0.2, -0.15) is 0 Å². The molecule has 80 valence electrons. The van der Waals surface area contributed by atoms with Gasteiger partial charge in [0.25, 0.3) is 0 Å². The van der Waals surface area contributed by atoms with Crippen LogP contribution in [0.5, 0.6) is 0 Å². The maximum absolute atomic E-state index is 13.1. The lowest BCUT2D eigenvalue weighted by Crippen LogP contribution is -2.43. The molecule has 0 heterocycles. The number of halogens is 1. The first kappa shape index (κ1) is 11.2. The predicted octanol–water partition coefficient (Wildman–Crippen LogP) is 2.70. The lowest BCUT2D eigenvalue weighted by molar-refractivity contribution is -0.119. The highest BCUT2D eigenvalue weighted by atomic mass is 19.1. The van der Waals surface area contributed by atoms with Gasteiger partial charge in [-0.05, 0) is 39.5 Å². The molecule has 0 aromatic rings. The van der Waals surface area contributed by atoms with E-state index < -0.39 is 0 Å². The average molecular weight is 199 g/mol. The van der Waals surface area contributed by atoms with Crippen molar-refractivity contribution in [2.24, 2.45) is 0 Å². The van der Waals surface area contributed by atoms with Gasteiger partial charge < -0.3 is 5.32 Å². The topological polar surface area (TPSA) is 29.1 Å². The molecule has 0 unspecified atom stereocenters. The fraction of sp³-hybridized carbons (Fsp3) is 0.727. The molecule has 1 rings (SSSR count). The first-order chi connectivity index (χ1) is 6.46. The summed E-state index contributed by atoms with van der Waals surface area (Å²) in [5.74, 6) is -0.457. The van der Waals surface area contributed by atoms with Crippen LogP contribution in [0.3, 0.4) is 0 Å². The normalized spacial score (nSPS) is 17.4. The zero-order chi connectivity index (χ0) is 10.8. The molecule has 1 aliphatic carbocycles. The van der Waals surface area contributed by atoms with E-state index in [2.05, 4.69) is 5.32 Å². The van der Waals surface area contributed by atoms with Crippen LogP contribution in [0.2, 0.25) is 0 Å². The van der Waals surface area contributed by atoms with Crippen molar-refractivity contribution in [1.82, 2.24) is 5.32 Å². The van der Waals surface area contributed by atoms with Gasteiger partial charge in [-0.15, -0.1) is 0 Å². The van der Waals surface area contributed by atoms with Crippen molar-refractivity contribution >= 4 is 5.91 Å². The molecule has 2 nitrogen and oxygen atoms in total. The third-order valence-corrected chi connectivity index (χ3v) is 2.76. The van der Waals surface area contributed by atoms with Gasteiger partial charge in [-0.3, -0.25) is 4.79 Å². The molecule has 0 aromatic carbocycles. The number of hydrogen-bond acceptors (Lipinski definition) is 1. The Bertz CT molecular complexity index is 268. The van der Waals surface area contributed by atoms with E-state index in [1.807, 2.05) is 20.8 Å². The minimum Gasteiger partial charge on any atom is -0.347 e. The largest absolute Gasteiger partial charge is 0.347 e. The Balaban J connectivity index is 2.63. The Morgan fingerprint density at radius 2 is 2.14 bits per heavy atom. The molecule has 1 N–H and O–H groups in total. The van der Waals surface area contributed by atoms with Crippen LogP contribution in [0.15, 0.2) is 11.4 Å². The molecule has 0 fully saturated rings. The molecule has 0 aromatic heterocycles. The van der Waals surface area contributed by atoms with E-state index in [4.69, 9.17) is 0 Å². The van der Waals surface area contributed by atoms with Gasteiger partial charge in [0.15, 0.2) is 0 Å². The lowest BCUT2D eigenvalue weighted by atomic mass is 10.0. The number of carbonyl (C=O) groups is 1. The van der Waals surface area contributed by atoms with E-state index in [1.54, 1.807) is 0 Å². The third kappa shape index (κ3) is 2.56. The summed E-state index contributed by atoms with van der Waals surface area (Å²) in [5, 5.41) is 2.84. The highest BCUT2D eigenvalue weighted by Gasteiger charge is 2.25. The van der Waals surface area contributed by atoms with Crippen molar-refractivity contribution in [3.05, 3.63) is 11.4 Å². The Morgan fingerprint density at radius 3 is 2.57 bits per heavy atom. The summed E-state index contributed by atoms with van der Waals surface area (Å²) in [5.41, 5.74) is 0.110. The molecule has 0 atom stereocenters. The molecular formula is C11H18FNO. The molecule has 14 heavy (non-hydrogen) atoms. The third-order valence-electron chi connectivity index (χ3n) is 2.76. The van der Waals surface area contributed by atoms with E-state index in [0.717, 1.165) is 12.8 Å².